The van der Waals surface area contributed by atoms with Gasteiger partial charge in [-0.3, -0.25) is 9.78 Å². The molecule has 0 aliphatic rings. The molecule has 7 heteroatoms. The van der Waals surface area contributed by atoms with Crippen LogP contribution in [0.1, 0.15) is 21.5 Å². The van der Waals surface area contributed by atoms with Gasteiger partial charge in [-0.25, -0.2) is 0 Å². The van der Waals surface area contributed by atoms with Crippen molar-refractivity contribution in [2.24, 2.45) is 0 Å². The van der Waals surface area contributed by atoms with Crippen molar-refractivity contribution in [2.45, 2.75) is 13.2 Å². The molecule has 0 atom stereocenters. The number of anilines is 2. The Morgan fingerprint density at radius 2 is 1.96 bits per heavy atom. The van der Waals surface area contributed by atoms with E-state index in [-0.39, 0.29) is 12.5 Å². The molecule has 0 fully saturated rings. The monoisotopic (exact) mass is 401 g/mol. The Kier molecular flexibility index (Phi) is 6.29. The molecule has 2 aromatic carbocycles. The molecule has 0 unspecified atom stereocenters. The van der Waals surface area contributed by atoms with Crippen LogP contribution >= 0.6 is 23.2 Å². The molecule has 5 nitrogen and oxygen atoms in total. The van der Waals surface area contributed by atoms with Crippen LogP contribution in [-0.2, 0) is 13.2 Å². The Hall–Kier alpha value is -2.60. The third-order valence-corrected chi connectivity index (χ3v) is 4.47. The molecular weight excluding hydrogens is 385 g/mol. The van der Waals surface area contributed by atoms with E-state index in [0.29, 0.717) is 27.8 Å². The van der Waals surface area contributed by atoms with Crippen LogP contribution in [0.25, 0.3) is 0 Å². The number of hydrogen-bond donors (Lipinski definition) is 3. The van der Waals surface area contributed by atoms with Crippen LogP contribution in [0.5, 0.6) is 0 Å². The fourth-order valence-corrected chi connectivity index (χ4v) is 3.04. The lowest BCUT2D eigenvalue weighted by atomic mass is 10.1. The fourth-order valence-electron chi connectivity index (χ4n) is 2.55. The van der Waals surface area contributed by atoms with Gasteiger partial charge >= 0.3 is 0 Å². The fraction of sp³-hybridized carbons (Fsp3) is 0.100. The van der Waals surface area contributed by atoms with E-state index in [0.717, 1.165) is 16.8 Å². The number of hydrogen-bond acceptors (Lipinski definition) is 4. The summed E-state index contributed by atoms with van der Waals surface area (Å²) in [6, 6.07) is 14.0. The number of carbonyl (C=O) groups excluding carboxylic acids is 1. The summed E-state index contributed by atoms with van der Waals surface area (Å²) in [4.78, 5) is 16.5. The Morgan fingerprint density at radius 3 is 2.74 bits per heavy atom. The maximum Gasteiger partial charge on any atom is 0.257 e. The predicted molar refractivity (Wildman–Crippen MR) is 108 cm³/mol. The van der Waals surface area contributed by atoms with E-state index in [1.54, 1.807) is 36.7 Å². The molecule has 3 N–H and O–H groups in total. The van der Waals surface area contributed by atoms with E-state index in [2.05, 4.69) is 15.6 Å². The zero-order valence-electron chi connectivity index (χ0n) is 14.2. The topological polar surface area (TPSA) is 74.2 Å². The molecule has 0 saturated carbocycles. The van der Waals surface area contributed by atoms with Crippen molar-refractivity contribution in [3.8, 4) is 0 Å². The van der Waals surface area contributed by atoms with Gasteiger partial charge in [0, 0.05) is 29.0 Å². The maximum absolute atomic E-state index is 12.4. The maximum atomic E-state index is 12.4. The number of halogens is 2. The number of nitrogens with one attached hydrogen (secondary N) is 2. The number of carbonyl (C=O) groups is 1. The molecule has 0 bridgehead atoms. The predicted octanol–water partition coefficient (Wildman–Crippen LogP) is 4.75. The summed E-state index contributed by atoms with van der Waals surface area (Å²) >= 11 is 12.0. The van der Waals surface area contributed by atoms with Crippen molar-refractivity contribution in [3.63, 3.8) is 0 Å². The number of amides is 1. The molecule has 0 aliphatic heterocycles. The first-order valence-corrected chi connectivity index (χ1v) is 8.95. The lowest BCUT2D eigenvalue weighted by molar-refractivity contribution is 0.102. The standard InChI is InChI=1S/C20H17Cl2N3O2/c21-15-4-5-17(18(22)9-15)20(27)25-16-3-1-2-13(8-16)10-24-19-11-23-7-6-14(19)12-26/h1-9,11,24,26H,10,12H2,(H,25,27). The molecule has 27 heavy (non-hydrogen) atoms. The Morgan fingerprint density at radius 1 is 1.11 bits per heavy atom. The van der Waals surface area contributed by atoms with Crippen molar-refractivity contribution < 1.29 is 9.90 Å². The van der Waals surface area contributed by atoms with E-state index in [1.807, 2.05) is 18.2 Å². The minimum Gasteiger partial charge on any atom is -0.392 e. The number of pyridine rings is 1. The van der Waals surface area contributed by atoms with Gasteiger partial charge in [-0.15, -0.1) is 0 Å². The molecule has 1 heterocycles. The minimum atomic E-state index is -0.309. The minimum absolute atomic E-state index is 0.0667. The second-order valence-corrected chi connectivity index (χ2v) is 6.67. The van der Waals surface area contributed by atoms with E-state index < -0.39 is 0 Å². The zero-order chi connectivity index (χ0) is 19.2. The number of aromatic nitrogens is 1. The van der Waals surface area contributed by atoms with E-state index in [9.17, 15) is 9.90 Å². The van der Waals surface area contributed by atoms with E-state index >= 15 is 0 Å². The first-order chi connectivity index (χ1) is 13.1. The second-order valence-electron chi connectivity index (χ2n) is 5.82. The van der Waals surface area contributed by atoms with Crippen LogP contribution in [0, 0.1) is 0 Å². The molecular formula is C20H17Cl2N3O2. The molecule has 3 aromatic rings. The van der Waals surface area contributed by atoms with Gasteiger partial charge in [-0.2, -0.15) is 0 Å². The normalized spacial score (nSPS) is 10.5. The highest BCUT2D eigenvalue weighted by atomic mass is 35.5. The molecule has 138 valence electrons. The average Bonchev–Trinajstić information content (AvgIpc) is 2.66. The van der Waals surface area contributed by atoms with Gasteiger partial charge in [0.1, 0.15) is 0 Å². The molecule has 0 saturated heterocycles. The van der Waals surface area contributed by atoms with Crippen LogP contribution < -0.4 is 10.6 Å². The molecule has 3 rings (SSSR count). The summed E-state index contributed by atoms with van der Waals surface area (Å²) in [5, 5.41) is 16.2. The lowest BCUT2D eigenvalue weighted by Gasteiger charge is -2.12. The SMILES string of the molecule is O=C(Nc1cccc(CNc2cnccc2CO)c1)c1ccc(Cl)cc1Cl. The summed E-state index contributed by atoms with van der Waals surface area (Å²) in [6.07, 6.45) is 3.30. The highest BCUT2D eigenvalue weighted by Crippen LogP contribution is 2.22. The Labute approximate surface area is 167 Å². The van der Waals surface area contributed by atoms with Crippen LogP contribution in [0.2, 0.25) is 10.0 Å². The summed E-state index contributed by atoms with van der Waals surface area (Å²) in [5.74, 6) is -0.309. The third-order valence-electron chi connectivity index (χ3n) is 3.93. The Bertz CT molecular complexity index is 963. The van der Waals surface area contributed by atoms with E-state index in [4.69, 9.17) is 23.2 Å². The van der Waals surface area contributed by atoms with Gasteiger partial charge in [-0.05, 0) is 42.0 Å². The zero-order valence-corrected chi connectivity index (χ0v) is 15.8. The van der Waals surface area contributed by atoms with Crippen molar-refractivity contribution >= 4 is 40.5 Å². The van der Waals surface area contributed by atoms with Crippen LogP contribution in [0.15, 0.2) is 60.9 Å². The third kappa shape index (κ3) is 4.98. The average molecular weight is 402 g/mol. The smallest absolute Gasteiger partial charge is 0.257 e. The van der Waals surface area contributed by atoms with Crippen molar-refractivity contribution in [1.29, 1.82) is 0 Å². The number of aliphatic hydroxyl groups excluding tert-OH is 1. The largest absolute Gasteiger partial charge is 0.392 e. The van der Waals surface area contributed by atoms with Gasteiger partial charge in [0.25, 0.3) is 5.91 Å². The molecule has 0 spiro atoms. The number of aliphatic hydroxyl groups is 1. The lowest BCUT2D eigenvalue weighted by Crippen LogP contribution is -2.13. The Balaban J connectivity index is 1.69. The van der Waals surface area contributed by atoms with Crippen molar-refractivity contribution in [1.82, 2.24) is 4.98 Å². The molecule has 0 aliphatic carbocycles. The molecule has 1 aromatic heterocycles. The van der Waals surface area contributed by atoms with Gasteiger partial charge in [0.15, 0.2) is 0 Å². The summed E-state index contributed by atoms with van der Waals surface area (Å²) in [7, 11) is 0. The van der Waals surface area contributed by atoms with Gasteiger partial charge in [0.05, 0.1) is 29.1 Å². The quantitative estimate of drug-likeness (QED) is 0.557. The van der Waals surface area contributed by atoms with Gasteiger partial charge in [0.2, 0.25) is 0 Å². The van der Waals surface area contributed by atoms with Gasteiger partial charge in [-0.1, -0.05) is 35.3 Å². The number of benzene rings is 2. The molecule has 1 amide bonds. The number of rotatable bonds is 6. The van der Waals surface area contributed by atoms with Crippen molar-refractivity contribution in [2.75, 3.05) is 10.6 Å². The second kappa shape index (κ2) is 8.86. The van der Waals surface area contributed by atoms with Crippen LogP contribution in [0.3, 0.4) is 0 Å². The first kappa shape index (κ1) is 19.2. The van der Waals surface area contributed by atoms with Crippen molar-refractivity contribution in [3.05, 3.63) is 87.7 Å². The highest BCUT2D eigenvalue weighted by molar-refractivity contribution is 6.37. The van der Waals surface area contributed by atoms with Crippen LogP contribution in [0.4, 0.5) is 11.4 Å². The molecule has 0 radical (unpaired) electrons. The van der Waals surface area contributed by atoms with Crippen LogP contribution in [-0.4, -0.2) is 16.0 Å². The summed E-state index contributed by atoms with van der Waals surface area (Å²) < 4.78 is 0. The number of nitrogens with zero attached hydrogens (tertiary/aromatic N) is 1. The first-order valence-electron chi connectivity index (χ1n) is 8.20. The van der Waals surface area contributed by atoms with Gasteiger partial charge < -0.3 is 15.7 Å². The van der Waals surface area contributed by atoms with E-state index in [1.165, 1.54) is 6.07 Å². The summed E-state index contributed by atoms with van der Waals surface area (Å²) in [5.41, 5.74) is 3.50. The highest BCUT2D eigenvalue weighted by Gasteiger charge is 2.11. The summed E-state index contributed by atoms with van der Waals surface area (Å²) in [6.45, 7) is 0.451.